The Hall–Kier alpha value is -2.34. The van der Waals surface area contributed by atoms with Gasteiger partial charge in [-0.3, -0.25) is 4.79 Å². The summed E-state index contributed by atoms with van der Waals surface area (Å²) in [5, 5.41) is 8.56. The van der Waals surface area contributed by atoms with Gasteiger partial charge in [0.2, 0.25) is 5.88 Å². The van der Waals surface area contributed by atoms with Crippen LogP contribution in [0.2, 0.25) is 5.02 Å². The van der Waals surface area contributed by atoms with E-state index in [9.17, 15) is 9.59 Å². The highest BCUT2D eigenvalue weighted by Gasteiger charge is 2.09. The van der Waals surface area contributed by atoms with E-state index in [1.54, 1.807) is 0 Å². The summed E-state index contributed by atoms with van der Waals surface area (Å²) in [4.78, 5) is 27.9. The number of aromatic amines is 1. The van der Waals surface area contributed by atoms with Gasteiger partial charge in [0.15, 0.2) is 5.02 Å². The van der Waals surface area contributed by atoms with E-state index in [2.05, 4.69) is 9.97 Å². The van der Waals surface area contributed by atoms with Crippen LogP contribution in [0.5, 0.6) is 11.6 Å². The Labute approximate surface area is 106 Å². The molecule has 1 aromatic heterocycles. The summed E-state index contributed by atoms with van der Waals surface area (Å²) in [5.41, 5.74) is -0.379. The van der Waals surface area contributed by atoms with Gasteiger partial charge in [-0.2, -0.15) is 0 Å². The van der Waals surface area contributed by atoms with Crippen LogP contribution >= 0.6 is 11.6 Å². The molecule has 0 aliphatic carbocycles. The summed E-state index contributed by atoms with van der Waals surface area (Å²) >= 11 is 5.70. The van der Waals surface area contributed by atoms with E-state index < -0.39 is 11.5 Å². The fourth-order valence-corrected chi connectivity index (χ4v) is 1.36. The van der Waals surface area contributed by atoms with Crippen molar-refractivity contribution in [1.82, 2.24) is 9.97 Å². The van der Waals surface area contributed by atoms with Crippen LogP contribution in [0.15, 0.2) is 35.4 Å². The predicted molar refractivity (Wildman–Crippen MR) is 63.3 cm³/mol. The van der Waals surface area contributed by atoms with Crippen molar-refractivity contribution in [3.05, 3.63) is 51.5 Å². The third kappa shape index (κ3) is 2.49. The lowest BCUT2D eigenvalue weighted by Crippen LogP contribution is -2.07. The Morgan fingerprint density at radius 1 is 1.33 bits per heavy atom. The van der Waals surface area contributed by atoms with Crippen molar-refractivity contribution in [3.63, 3.8) is 0 Å². The van der Waals surface area contributed by atoms with Gasteiger partial charge in [-0.25, -0.2) is 9.78 Å². The molecule has 0 bridgehead atoms. The van der Waals surface area contributed by atoms with Gasteiger partial charge >= 0.3 is 5.97 Å². The first-order valence-electron chi connectivity index (χ1n) is 4.82. The van der Waals surface area contributed by atoms with Gasteiger partial charge in [0.1, 0.15) is 5.75 Å². The van der Waals surface area contributed by atoms with Crippen LogP contribution in [0.25, 0.3) is 0 Å². The highest BCUT2D eigenvalue weighted by molar-refractivity contribution is 6.31. The van der Waals surface area contributed by atoms with Gasteiger partial charge < -0.3 is 14.8 Å². The average Bonchev–Trinajstić information content (AvgIpc) is 2.36. The number of carboxylic acid groups (broad SMARTS) is 1. The molecule has 0 fully saturated rings. The third-order valence-corrected chi connectivity index (χ3v) is 2.41. The van der Waals surface area contributed by atoms with E-state index in [0.717, 1.165) is 6.33 Å². The quantitative estimate of drug-likeness (QED) is 0.885. The molecule has 0 aliphatic heterocycles. The number of rotatable bonds is 3. The monoisotopic (exact) mass is 266 g/mol. The zero-order valence-corrected chi connectivity index (χ0v) is 9.64. The first-order chi connectivity index (χ1) is 8.58. The van der Waals surface area contributed by atoms with E-state index >= 15 is 0 Å². The molecule has 2 aromatic rings. The van der Waals surface area contributed by atoms with E-state index in [1.165, 1.54) is 24.3 Å². The number of carbonyl (C=O) groups is 1. The summed E-state index contributed by atoms with van der Waals surface area (Å²) in [5.74, 6) is -0.739. The number of ether oxygens (including phenoxy) is 1. The lowest BCUT2D eigenvalue weighted by Gasteiger charge is -2.05. The standard InChI is InChI=1S/C11H7ClN2O4/c12-8-9(15)13-5-14-10(8)18-7-3-1-6(2-4-7)11(16)17/h1-5H,(H,16,17)(H,13,14,15). The maximum absolute atomic E-state index is 11.2. The molecule has 6 nitrogen and oxygen atoms in total. The molecule has 0 amide bonds. The molecular weight excluding hydrogens is 260 g/mol. The highest BCUT2D eigenvalue weighted by Crippen LogP contribution is 2.23. The maximum atomic E-state index is 11.2. The zero-order valence-electron chi connectivity index (χ0n) is 8.88. The Morgan fingerprint density at radius 3 is 2.61 bits per heavy atom. The summed E-state index contributed by atoms with van der Waals surface area (Å²) < 4.78 is 5.27. The first kappa shape index (κ1) is 12.1. The van der Waals surface area contributed by atoms with Gasteiger partial charge in [0.25, 0.3) is 5.56 Å². The van der Waals surface area contributed by atoms with Crippen molar-refractivity contribution in [2.45, 2.75) is 0 Å². The van der Waals surface area contributed by atoms with Crippen molar-refractivity contribution in [3.8, 4) is 11.6 Å². The van der Waals surface area contributed by atoms with Crippen molar-refractivity contribution in [1.29, 1.82) is 0 Å². The van der Waals surface area contributed by atoms with E-state index in [1.807, 2.05) is 0 Å². The third-order valence-electron chi connectivity index (χ3n) is 2.08. The number of halogens is 1. The second-order valence-corrected chi connectivity index (χ2v) is 3.66. The predicted octanol–water partition coefficient (Wildman–Crippen LogP) is 1.91. The largest absolute Gasteiger partial charge is 0.478 e. The second-order valence-electron chi connectivity index (χ2n) is 3.28. The molecule has 1 heterocycles. The Morgan fingerprint density at radius 2 is 2.00 bits per heavy atom. The second kappa shape index (κ2) is 4.89. The van der Waals surface area contributed by atoms with Crippen molar-refractivity contribution >= 4 is 17.6 Å². The summed E-state index contributed by atoms with van der Waals surface area (Å²) in [6.45, 7) is 0. The average molecular weight is 267 g/mol. The van der Waals surface area contributed by atoms with Crippen molar-refractivity contribution in [2.24, 2.45) is 0 Å². The van der Waals surface area contributed by atoms with Crippen LogP contribution in [-0.2, 0) is 0 Å². The van der Waals surface area contributed by atoms with Crippen LogP contribution in [0.3, 0.4) is 0 Å². The minimum Gasteiger partial charge on any atom is -0.478 e. The first-order valence-corrected chi connectivity index (χ1v) is 5.20. The SMILES string of the molecule is O=C(O)c1ccc(Oc2nc[nH]c(=O)c2Cl)cc1. The van der Waals surface area contributed by atoms with Gasteiger partial charge in [-0.15, -0.1) is 0 Å². The number of nitrogens with zero attached hydrogens (tertiary/aromatic N) is 1. The van der Waals surface area contributed by atoms with Crippen LogP contribution in [0, 0.1) is 0 Å². The van der Waals surface area contributed by atoms with Gasteiger partial charge in [-0.05, 0) is 24.3 Å². The van der Waals surface area contributed by atoms with Crippen LogP contribution in [-0.4, -0.2) is 21.0 Å². The van der Waals surface area contributed by atoms with E-state index in [0.29, 0.717) is 5.75 Å². The number of hydrogen-bond acceptors (Lipinski definition) is 4. The number of aromatic carboxylic acids is 1. The highest BCUT2D eigenvalue weighted by atomic mass is 35.5. The number of carboxylic acids is 1. The number of aromatic nitrogens is 2. The molecule has 0 saturated carbocycles. The van der Waals surface area contributed by atoms with Crippen molar-refractivity contribution in [2.75, 3.05) is 0 Å². The molecule has 0 unspecified atom stereocenters. The van der Waals surface area contributed by atoms with E-state index in [4.69, 9.17) is 21.4 Å². The number of H-pyrrole nitrogens is 1. The number of nitrogens with one attached hydrogen (secondary N) is 1. The molecule has 1 aromatic carbocycles. The summed E-state index contributed by atoms with van der Waals surface area (Å²) in [6.07, 6.45) is 1.16. The van der Waals surface area contributed by atoms with Crippen LogP contribution in [0.1, 0.15) is 10.4 Å². The summed E-state index contributed by atoms with van der Waals surface area (Å²) in [7, 11) is 0. The van der Waals surface area contributed by atoms with Crippen LogP contribution in [0.4, 0.5) is 0 Å². The fraction of sp³-hybridized carbons (Fsp3) is 0. The molecule has 0 saturated heterocycles. The Balaban J connectivity index is 2.26. The van der Waals surface area contributed by atoms with Gasteiger partial charge in [0.05, 0.1) is 11.9 Å². The molecule has 92 valence electrons. The molecule has 0 spiro atoms. The maximum Gasteiger partial charge on any atom is 0.335 e. The molecule has 18 heavy (non-hydrogen) atoms. The number of hydrogen-bond donors (Lipinski definition) is 2. The Bertz CT molecular complexity index is 636. The molecule has 2 N–H and O–H groups in total. The minimum atomic E-state index is -1.03. The summed E-state index contributed by atoms with van der Waals surface area (Å²) in [6, 6.07) is 5.64. The molecule has 0 radical (unpaired) electrons. The van der Waals surface area contributed by atoms with Gasteiger partial charge in [0, 0.05) is 0 Å². The van der Waals surface area contributed by atoms with E-state index in [-0.39, 0.29) is 16.5 Å². The van der Waals surface area contributed by atoms with Gasteiger partial charge in [-0.1, -0.05) is 11.6 Å². The normalized spacial score (nSPS) is 10.1. The zero-order chi connectivity index (χ0) is 13.1. The molecule has 2 rings (SSSR count). The minimum absolute atomic E-state index is 0.0384. The smallest absolute Gasteiger partial charge is 0.335 e. The Kier molecular flexibility index (Phi) is 3.29. The molecular formula is C11H7ClN2O4. The topological polar surface area (TPSA) is 92.3 Å². The van der Waals surface area contributed by atoms with Crippen LogP contribution < -0.4 is 10.3 Å². The fourth-order valence-electron chi connectivity index (χ4n) is 1.22. The van der Waals surface area contributed by atoms with Crippen molar-refractivity contribution < 1.29 is 14.6 Å². The lowest BCUT2D eigenvalue weighted by atomic mass is 10.2. The molecule has 0 aliphatic rings. The lowest BCUT2D eigenvalue weighted by molar-refractivity contribution is 0.0697. The number of benzene rings is 1. The molecule has 0 atom stereocenters. The molecule has 7 heteroatoms.